The first-order valence-corrected chi connectivity index (χ1v) is 9.59. The summed E-state index contributed by atoms with van der Waals surface area (Å²) in [5, 5.41) is 18.3. The van der Waals surface area contributed by atoms with Crippen molar-refractivity contribution in [1.29, 1.82) is 5.26 Å². The van der Waals surface area contributed by atoms with E-state index in [-0.39, 0.29) is 0 Å². The smallest absolute Gasteiger partial charge is 0.336 e. The van der Waals surface area contributed by atoms with Gasteiger partial charge in [0, 0.05) is 12.4 Å². The van der Waals surface area contributed by atoms with E-state index >= 15 is 0 Å². The normalized spacial score (nSPS) is 15.1. The summed E-state index contributed by atoms with van der Waals surface area (Å²) in [6.45, 7) is 0.646. The van der Waals surface area contributed by atoms with Crippen molar-refractivity contribution in [3.63, 3.8) is 0 Å². The number of nitrogens with zero attached hydrogens (tertiary/aromatic N) is 2. The lowest BCUT2D eigenvalue weighted by molar-refractivity contribution is 0.0695. The summed E-state index contributed by atoms with van der Waals surface area (Å²) in [6.07, 6.45) is 5.58. The van der Waals surface area contributed by atoms with Crippen LogP contribution in [0.25, 0.3) is 11.1 Å². The molecule has 0 saturated heterocycles. The van der Waals surface area contributed by atoms with Crippen molar-refractivity contribution in [3.05, 3.63) is 83.2 Å². The molecule has 0 spiro atoms. The Labute approximate surface area is 169 Å². The molecule has 1 atom stereocenters. The van der Waals surface area contributed by atoms with Gasteiger partial charge in [-0.1, -0.05) is 24.3 Å². The quantitative estimate of drug-likeness (QED) is 0.682. The molecule has 5 heteroatoms. The van der Waals surface area contributed by atoms with Gasteiger partial charge in [-0.15, -0.1) is 0 Å². The lowest BCUT2D eigenvalue weighted by Gasteiger charge is -2.26. The summed E-state index contributed by atoms with van der Waals surface area (Å²) >= 11 is 0. The zero-order valence-corrected chi connectivity index (χ0v) is 15.8. The lowest BCUT2D eigenvalue weighted by Crippen LogP contribution is -2.15. The first-order valence-electron chi connectivity index (χ1n) is 9.59. The third-order valence-corrected chi connectivity index (χ3v) is 5.42. The molecule has 0 saturated carbocycles. The zero-order chi connectivity index (χ0) is 20.2. The number of nitriles is 1. The number of carbonyl (C=O) groups is 1. The maximum Gasteiger partial charge on any atom is 0.336 e. The second kappa shape index (κ2) is 8.15. The van der Waals surface area contributed by atoms with Gasteiger partial charge in [-0.3, -0.25) is 4.98 Å². The summed E-state index contributed by atoms with van der Waals surface area (Å²) < 4.78 is 5.92. The third-order valence-electron chi connectivity index (χ3n) is 5.42. The van der Waals surface area contributed by atoms with Crippen LogP contribution in [-0.2, 0) is 6.42 Å². The number of carboxylic acid groups (broad SMARTS) is 1. The van der Waals surface area contributed by atoms with Gasteiger partial charge in [-0.25, -0.2) is 4.79 Å². The summed E-state index contributed by atoms with van der Waals surface area (Å²) in [4.78, 5) is 15.5. The van der Waals surface area contributed by atoms with Crippen molar-refractivity contribution < 1.29 is 14.6 Å². The highest BCUT2D eigenvalue weighted by Gasteiger charge is 2.22. The van der Waals surface area contributed by atoms with Crippen LogP contribution in [0.5, 0.6) is 5.75 Å². The molecule has 144 valence electrons. The van der Waals surface area contributed by atoms with E-state index in [0.29, 0.717) is 30.1 Å². The van der Waals surface area contributed by atoms with E-state index in [1.54, 1.807) is 12.3 Å². The average molecular weight is 384 g/mol. The lowest BCUT2D eigenvalue weighted by atomic mass is 9.86. The Morgan fingerprint density at radius 3 is 2.72 bits per heavy atom. The Morgan fingerprint density at radius 1 is 1.17 bits per heavy atom. The second-order valence-corrected chi connectivity index (χ2v) is 7.15. The molecular weight excluding hydrogens is 364 g/mol. The molecule has 1 aliphatic rings. The predicted molar refractivity (Wildman–Crippen MR) is 109 cm³/mol. The van der Waals surface area contributed by atoms with Crippen LogP contribution >= 0.6 is 0 Å². The minimum atomic E-state index is -0.915. The number of carboxylic acids is 1. The average Bonchev–Trinajstić information content (AvgIpc) is 2.77. The second-order valence-electron chi connectivity index (χ2n) is 7.15. The van der Waals surface area contributed by atoms with Gasteiger partial charge in [-0.2, -0.15) is 5.26 Å². The maximum atomic E-state index is 11.4. The van der Waals surface area contributed by atoms with E-state index < -0.39 is 5.97 Å². The number of benzene rings is 2. The number of hydrogen-bond acceptors (Lipinski definition) is 4. The molecule has 2 aromatic carbocycles. The summed E-state index contributed by atoms with van der Waals surface area (Å²) in [5.41, 5.74) is 4.98. The number of aromatic carboxylic acids is 1. The molecule has 0 radical (unpaired) electrons. The van der Waals surface area contributed by atoms with Crippen molar-refractivity contribution in [2.24, 2.45) is 0 Å². The zero-order valence-electron chi connectivity index (χ0n) is 15.8. The number of rotatable bonds is 5. The van der Waals surface area contributed by atoms with Crippen LogP contribution in [0.15, 0.2) is 60.9 Å². The molecule has 0 bridgehead atoms. The predicted octanol–water partition coefficient (Wildman–Crippen LogP) is 4.82. The van der Waals surface area contributed by atoms with Crippen LogP contribution in [0.2, 0.25) is 0 Å². The third kappa shape index (κ3) is 3.97. The molecule has 1 aromatic heterocycles. The number of hydrogen-bond donors (Lipinski definition) is 1. The molecule has 0 aliphatic carbocycles. The number of ether oxygens (including phenoxy) is 1. The Balaban J connectivity index is 1.54. The van der Waals surface area contributed by atoms with Crippen molar-refractivity contribution in [2.45, 2.75) is 25.2 Å². The van der Waals surface area contributed by atoms with Crippen molar-refractivity contribution in [3.8, 4) is 22.9 Å². The molecular formula is C24H20N2O3. The van der Waals surface area contributed by atoms with E-state index in [9.17, 15) is 9.90 Å². The molecule has 4 rings (SSSR count). The van der Waals surface area contributed by atoms with E-state index in [4.69, 9.17) is 10.00 Å². The molecule has 0 fully saturated rings. The highest BCUT2D eigenvalue weighted by Crippen LogP contribution is 2.39. The Hall–Kier alpha value is -3.65. The topological polar surface area (TPSA) is 83.2 Å². The van der Waals surface area contributed by atoms with Gasteiger partial charge in [0.1, 0.15) is 5.75 Å². The molecule has 5 nitrogen and oxygen atoms in total. The highest BCUT2D eigenvalue weighted by atomic mass is 16.5. The van der Waals surface area contributed by atoms with E-state index in [0.717, 1.165) is 40.8 Å². The van der Waals surface area contributed by atoms with Gasteiger partial charge in [0.25, 0.3) is 0 Å². The number of fused-ring (bicyclic) bond motifs is 1. The van der Waals surface area contributed by atoms with Crippen LogP contribution in [0.4, 0.5) is 0 Å². The summed E-state index contributed by atoms with van der Waals surface area (Å²) in [6, 6.07) is 17.4. The maximum absolute atomic E-state index is 11.4. The fourth-order valence-electron chi connectivity index (χ4n) is 3.84. The van der Waals surface area contributed by atoms with Crippen molar-refractivity contribution >= 4 is 5.97 Å². The largest absolute Gasteiger partial charge is 0.493 e. The number of aromatic nitrogens is 1. The van der Waals surface area contributed by atoms with E-state index in [2.05, 4.69) is 29.3 Å². The van der Waals surface area contributed by atoms with Crippen LogP contribution in [0.3, 0.4) is 0 Å². The fourth-order valence-corrected chi connectivity index (χ4v) is 3.84. The monoisotopic (exact) mass is 384 g/mol. The SMILES string of the molecule is N#Cc1ccc(-c2ccc3c(c2)OCC[C@@H]3CCc2cnccc2C(=O)O)cc1. The minimum Gasteiger partial charge on any atom is -0.493 e. The fraction of sp³-hybridized carbons (Fsp3) is 0.208. The Kier molecular flexibility index (Phi) is 5.26. The van der Waals surface area contributed by atoms with Gasteiger partial charge in [-0.05, 0) is 71.7 Å². The van der Waals surface area contributed by atoms with Crippen LogP contribution in [0, 0.1) is 11.3 Å². The molecule has 1 N–H and O–H groups in total. The van der Waals surface area contributed by atoms with Gasteiger partial charge in [0.15, 0.2) is 0 Å². The summed E-state index contributed by atoms with van der Waals surface area (Å²) in [5.74, 6) is 0.283. The molecule has 2 heterocycles. The molecule has 3 aromatic rings. The van der Waals surface area contributed by atoms with Gasteiger partial charge in [0.2, 0.25) is 0 Å². The Bertz CT molecular complexity index is 1080. The van der Waals surface area contributed by atoms with Gasteiger partial charge >= 0.3 is 5.97 Å². The standard InChI is InChI=1S/C24H20N2O3/c25-14-16-1-3-17(4-2-16)19-7-8-21-18(10-12-29-23(21)13-19)5-6-20-15-26-11-9-22(20)24(27)28/h1-4,7-9,11,13,15,18H,5-6,10,12H2,(H,27,28)/t18-/m0/s1. The Morgan fingerprint density at radius 2 is 1.97 bits per heavy atom. The number of pyridine rings is 1. The first kappa shape index (κ1) is 18.7. The van der Waals surface area contributed by atoms with Gasteiger partial charge in [0.05, 0.1) is 23.8 Å². The van der Waals surface area contributed by atoms with E-state index in [1.165, 1.54) is 6.20 Å². The van der Waals surface area contributed by atoms with Crippen LogP contribution in [0.1, 0.15) is 45.8 Å². The minimum absolute atomic E-state index is 0.315. The summed E-state index contributed by atoms with van der Waals surface area (Å²) in [7, 11) is 0. The van der Waals surface area contributed by atoms with Crippen molar-refractivity contribution in [2.75, 3.05) is 6.61 Å². The van der Waals surface area contributed by atoms with E-state index in [1.807, 2.05) is 24.3 Å². The highest BCUT2D eigenvalue weighted by molar-refractivity contribution is 5.89. The molecule has 0 amide bonds. The van der Waals surface area contributed by atoms with Crippen LogP contribution in [-0.4, -0.2) is 22.7 Å². The first-order chi connectivity index (χ1) is 14.2. The number of aryl methyl sites for hydroxylation is 1. The molecule has 1 aliphatic heterocycles. The molecule has 0 unspecified atom stereocenters. The van der Waals surface area contributed by atoms with Gasteiger partial charge < -0.3 is 9.84 Å². The van der Waals surface area contributed by atoms with Crippen LogP contribution < -0.4 is 4.74 Å². The van der Waals surface area contributed by atoms with Crippen molar-refractivity contribution in [1.82, 2.24) is 4.98 Å². The molecule has 29 heavy (non-hydrogen) atoms.